The van der Waals surface area contributed by atoms with E-state index in [0.717, 1.165) is 38.9 Å². The van der Waals surface area contributed by atoms with Crippen molar-refractivity contribution >= 4 is 57.7 Å². The number of hydrogen-bond acceptors (Lipinski definition) is 16. The highest BCUT2D eigenvalue weighted by molar-refractivity contribution is 6.04. The van der Waals surface area contributed by atoms with E-state index in [2.05, 4.69) is 38.2 Å². The van der Waals surface area contributed by atoms with E-state index in [1.54, 1.807) is 39.0 Å². The molecule has 4 atom stereocenters. The molecule has 6 rings (SSSR count). The number of ether oxygens (including phenoxy) is 7. The van der Waals surface area contributed by atoms with Crippen LogP contribution in [0.4, 0.5) is 10.5 Å². The number of rotatable bonds is 33. The second kappa shape index (κ2) is 31.0. The van der Waals surface area contributed by atoms with E-state index in [1.165, 1.54) is 0 Å². The summed E-state index contributed by atoms with van der Waals surface area (Å²) in [5.41, 5.74) is 18.0. The second-order valence-corrected chi connectivity index (χ2v) is 19.6. The molecule has 428 valence electrons. The maximum absolute atomic E-state index is 14.1. The summed E-state index contributed by atoms with van der Waals surface area (Å²) in [5.74, 6) is -2.42. The minimum atomic E-state index is -1.91. The molecule has 2 aliphatic carbocycles. The van der Waals surface area contributed by atoms with Crippen LogP contribution in [0.5, 0.6) is 5.75 Å². The zero-order chi connectivity index (χ0) is 56.7. The minimum Gasteiger partial charge on any atom is -0.489 e. The van der Waals surface area contributed by atoms with Crippen LogP contribution in [0.1, 0.15) is 88.6 Å². The average molecular weight is 1100 g/mol. The number of ketones is 1. The fraction of sp³-hybridized carbons (Fsp3) is 0.554. The molecule has 0 fully saturated rings. The van der Waals surface area contributed by atoms with Crippen molar-refractivity contribution in [2.45, 2.75) is 103 Å². The number of esters is 1. The molecule has 1 unspecified atom stereocenters. The number of allylic oxidation sites excluding steroid dienone is 1. The normalized spacial score (nSPS) is 18.2. The zero-order valence-electron chi connectivity index (χ0n) is 45.6. The van der Waals surface area contributed by atoms with Gasteiger partial charge in [-0.25, -0.2) is 14.6 Å². The van der Waals surface area contributed by atoms with Crippen LogP contribution < -0.4 is 31.7 Å². The summed E-state index contributed by atoms with van der Waals surface area (Å²) in [6.07, 6.45) is 4.64. The van der Waals surface area contributed by atoms with Crippen LogP contribution in [0.15, 0.2) is 64.8 Å². The molecule has 0 saturated heterocycles. The van der Waals surface area contributed by atoms with Crippen LogP contribution in [0.2, 0.25) is 0 Å². The van der Waals surface area contributed by atoms with Gasteiger partial charge in [0, 0.05) is 52.6 Å². The van der Waals surface area contributed by atoms with Gasteiger partial charge in [-0.2, -0.15) is 0 Å². The molecule has 79 heavy (non-hydrogen) atoms. The highest BCUT2D eigenvalue weighted by Crippen LogP contribution is 2.44. The Balaban J connectivity index is 0.983. The number of aliphatic hydroxyl groups is 1. The quantitative estimate of drug-likeness (QED) is 0.0152. The smallest absolute Gasteiger partial charge is 0.343 e. The zero-order valence-corrected chi connectivity index (χ0v) is 45.6. The number of Topliss-reactive ketones (excluding diaryl/α,β-unsaturated/α-hetero) is 1. The molecule has 1 aromatic heterocycles. The molecule has 3 aliphatic rings. The molecule has 23 nitrogen and oxygen atoms in total. The van der Waals surface area contributed by atoms with Crippen molar-refractivity contribution in [3.05, 3.63) is 92.5 Å². The third-order valence-corrected chi connectivity index (χ3v) is 13.9. The molecular weight excluding hydrogens is 1020 g/mol. The van der Waals surface area contributed by atoms with Gasteiger partial charge in [0.2, 0.25) is 17.7 Å². The van der Waals surface area contributed by atoms with E-state index >= 15 is 0 Å². The Kier molecular flexibility index (Phi) is 24.0. The van der Waals surface area contributed by atoms with Crippen molar-refractivity contribution in [1.29, 1.82) is 0 Å². The number of nitrogens with zero attached hydrogens (tertiary/aromatic N) is 4. The first-order chi connectivity index (χ1) is 38.2. The first-order valence-corrected chi connectivity index (χ1v) is 27.1. The lowest BCUT2D eigenvalue weighted by molar-refractivity contribution is -0.163. The number of nitrogens with two attached hydrogens (primary N) is 1. The molecule has 0 radical (unpaired) electrons. The number of benzene rings is 2. The molecular formula is C56H75N9O14. The summed E-state index contributed by atoms with van der Waals surface area (Å²) in [7, 11) is 0. The first-order valence-electron chi connectivity index (χ1n) is 27.1. The Hall–Kier alpha value is -6.98. The van der Waals surface area contributed by atoms with Crippen LogP contribution in [0, 0.1) is 11.8 Å². The Morgan fingerprint density at radius 2 is 1.58 bits per heavy atom. The maximum atomic E-state index is 14.1. The fourth-order valence-electron chi connectivity index (χ4n) is 9.55. The predicted molar refractivity (Wildman–Crippen MR) is 291 cm³/mol. The topological polar surface area (TPSA) is 323 Å². The number of anilines is 1. The molecule has 2 bridgehead atoms. The summed E-state index contributed by atoms with van der Waals surface area (Å²) in [4.78, 5) is 86.5. The van der Waals surface area contributed by atoms with Crippen molar-refractivity contribution < 1.29 is 67.0 Å². The van der Waals surface area contributed by atoms with E-state index < -0.39 is 47.4 Å². The van der Waals surface area contributed by atoms with Crippen molar-refractivity contribution in [3.63, 3.8) is 0 Å². The first kappa shape index (κ1) is 61.2. The molecule has 7 N–H and O–H groups in total. The Morgan fingerprint density at radius 1 is 0.911 bits per heavy atom. The highest BCUT2D eigenvalue weighted by atomic mass is 16.6. The van der Waals surface area contributed by atoms with Crippen LogP contribution in [-0.4, -0.2) is 149 Å². The summed E-state index contributed by atoms with van der Waals surface area (Å²) in [5, 5.41) is 26.7. The Morgan fingerprint density at radius 3 is 2.22 bits per heavy atom. The fourth-order valence-corrected chi connectivity index (χ4v) is 9.55. The molecule has 2 aromatic carbocycles. The number of carbonyl (C=O) groups excluding carboxylic acids is 6. The lowest BCUT2D eigenvalue weighted by atomic mass is 9.78. The molecule has 23 heteroatoms. The maximum Gasteiger partial charge on any atom is 0.343 e. The number of cyclic esters (lactones) is 1. The number of hydrogen-bond donors (Lipinski definition) is 6. The highest BCUT2D eigenvalue weighted by Gasteiger charge is 2.47. The molecule has 0 saturated carbocycles. The van der Waals surface area contributed by atoms with Gasteiger partial charge in [-0.15, -0.1) is 0 Å². The van der Waals surface area contributed by atoms with Gasteiger partial charge in [0.25, 0.3) is 0 Å². The van der Waals surface area contributed by atoms with Crippen molar-refractivity contribution in [2.24, 2.45) is 22.7 Å². The molecule has 0 spiro atoms. The van der Waals surface area contributed by atoms with Crippen LogP contribution in [-0.2, 0) is 71.8 Å². The number of fused-ring (bicyclic) bond motifs is 6. The van der Waals surface area contributed by atoms with E-state index in [4.69, 9.17) is 49.4 Å². The average Bonchev–Trinajstić information content (AvgIpc) is 3.66. The van der Waals surface area contributed by atoms with Gasteiger partial charge in [-0.3, -0.25) is 19.2 Å². The van der Waals surface area contributed by atoms with Gasteiger partial charge in [0.05, 0.1) is 77.3 Å². The number of nitrogens with one attached hydrogen (secondary N) is 4. The number of amides is 5. The summed E-state index contributed by atoms with van der Waals surface area (Å²) in [6.45, 7) is 11.1. The lowest BCUT2D eigenvalue weighted by Gasteiger charge is -2.34. The Labute approximate surface area is 459 Å². The number of urea groups is 1. The summed E-state index contributed by atoms with van der Waals surface area (Å²) in [6, 6.07) is 10.1. The Bertz CT molecular complexity index is 2730. The number of pyridine rings is 1. The van der Waals surface area contributed by atoms with E-state index in [1.807, 2.05) is 30.3 Å². The summed E-state index contributed by atoms with van der Waals surface area (Å²) >= 11 is 0. The van der Waals surface area contributed by atoms with Gasteiger partial charge in [-0.05, 0) is 115 Å². The van der Waals surface area contributed by atoms with Crippen LogP contribution in [0.3, 0.4) is 0 Å². The largest absolute Gasteiger partial charge is 0.489 e. The minimum absolute atomic E-state index is 0.0119. The van der Waals surface area contributed by atoms with Crippen molar-refractivity contribution in [2.75, 3.05) is 91.1 Å². The lowest BCUT2D eigenvalue weighted by Crippen LogP contribution is -2.54. The number of carbonyl (C=O) groups is 6. The van der Waals surface area contributed by atoms with Gasteiger partial charge < -0.3 is 65.3 Å². The molecule has 1 aliphatic heterocycles. The van der Waals surface area contributed by atoms with Crippen LogP contribution >= 0.6 is 0 Å². The molecule has 5 amide bonds. The van der Waals surface area contributed by atoms with E-state index in [0.29, 0.717) is 108 Å². The van der Waals surface area contributed by atoms with Crippen LogP contribution in [0.25, 0.3) is 26.9 Å². The number of azide groups is 1. The second-order valence-electron chi connectivity index (χ2n) is 19.6. The predicted octanol–water partition coefficient (Wildman–Crippen LogP) is 5.09. The van der Waals surface area contributed by atoms with Crippen molar-refractivity contribution in [3.8, 4) is 5.75 Å². The number of aryl methyl sites for hydroxylation is 1. The number of aromatic nitrogens is 1. The van der Waals surface area contributed by atoms with Gasteiger partial charge >= 0.3 is 12.0 Å². The van der Waals surface area contributed by atoms with E-state index in [-0.39, 0.29) is 76.4 Å². The van der Waals surface area contributed by atoms with Crippen molar-refractivity contribution in [1.82, 2.24) is 20.9 Å². The SMILES string of the molecule is CCc1c2c(nc3ccc(OCc4ccc(NC(=O)[C@H](CCCNC(N)=O)NC(=O)[C@@H](NC(=O)CCOCCOCCOCCOCCOCCN=[N+]=[N-])C(C)C)cc4)cc13)/C1=C/C3=C(COC(=O)[C@]3(O)CC)C(=O)C(CC1)C2. The monoisotopic (exact) mass is 1100 g/mol. The van der Waals surface area contributed by atoms with E-state index in [9.17, 15) is 33.9 Å². The molecule has 3 aromatic rings. The molecule has 2 heterocycles. The third-order valence-electron chi connectivity index (χ3n) is 13.9. The van der Waals surface area contributed by atoms with Gasteiger partial charge in [0.15, 0.2) is 11.4 Å². The summed E-state index contributed by atoms with van der Waals surface area (Å²) < 4.78 is 38.8. The standard InChI is InChI=1S/C56H75N9O14/c1-5-41-42-32-40(15-16-46(42)62-50-37-11-12-38(30-43(41)50)51(67)44-34-79-54(70)56(72,6-2)45(44)31-37)78-33-36-9-13-39(14-10-36)61-52(68)47(8-7-18-59-55(57)71)63-53(69)49(35(3)4)64-48(66)17-20-73-22-24-75-26-28-77-29-27-76-25-23-74-21-19-60-65-58/h9-10,13-16,31-32,35,38,47,49,72H,5-8,11-12,17-30,33-34H2,1-4H3,(H,61,68)(H,63,69)(H,64,66)(H3,57,59,71)/b37-31+/t38?,47-,49-,56-/m0/s1. The van der Waals surface area contributed by atoms with Gasteiger partial charge in [-0.1, -0.05) is 44.9 Å². The third kappa shape index (κ3) is 17.5. The van der Waals surface area contributed by atoms with Gasteiger partial charge in [0.1, 0.15) is 31.0 Å². The number of primary amides is 1.